The molecule has 0 spiro atoms. The van der Waals surface area contributed by atoms with Crippen LogP contribution in [-0.2, 0) is 16.6 Å². The van der Waals surface area contributed by atoms with Gasteiger partial charge in [-0.3, -0.25) is 0 Å². The summed E-state index contributed by atoms with van der Waals surface area (Å²) < 4.78 is 29.6. The molecule has 0 radical (unpaired) electrons. The molecule has 0 aliphatic heterocycles. The summed E-state index contributed by atoms with van der Waals surface area (Å²) in [6.45, 7) is 8.08. The molecule has 1 heterocycles. The second-order valence-electron chi connectivity index (χ2n) is 6.58. The van der Waals surface area contributed by atoms with E-state index in [2.05, 4.69) is 14.8 Å². The molecule has 1 aromatic heterocycles. The van der Waals surface area contributed by atoms with Crippen molar-refractivity contribution in [3.63, 3.8) is 0 Å². The third kappa shape index (κ3) is 3.94. The molecule has 0 saturated carbocycles. The molecule has 7 heteroatoms. The van der Waals surface area contributed by atoms with Crippen LogP contribution in [0.4, 0.5) is 5.95 Å². The summed E-state index contributed by atoms with van der Waals surface area (Å²) in [5.41, 5.74) is 4.69. The molecular formula is C19H22N4O2S. The van der Waals surface area contributed by atoms with E-state index in [0.29, 0.717) is 17.7 Å². The van der Waals surface area contributed by atoms with Crippen LogP contribution in [0.25, 0.3) is 0 Å². The van der Waals surface area contributed by atoms with Gasteiger partial charge in [0.2, 0.25) is 0 Å². The molecule has 0 amide bonds. The van der Waals surface area contributed by atoms with E-state index in [0.717, 1.165) is 11.1 Å². The number of hydrogen-bond acceptors (Lipinski definition) is 4. The van der Waals surface area contributed by atoms with E-state index in [1.54, 1.807) is 18.5 Å². The van der Waals surface area contributed by atoms with E-state index in [1.165, 1.54) is 11.9 Å². The zero-order valence-corrected chi connectivity index (χ0v) is 16.1. The van der Waals surface area contributed by atoms with Crippen molar-refractivity contribution >= 4 is 16.0 Å². The standard InChI is InChI=1S/C19H22N4O2S/c1-13-5-7-17(8-6-13)11-23-12-20-19(21-23)22-26(24,25)18-15(3)9-14(2)10-16(18)4/h5-10,12H,11H2,1-4H3,(H,21,22). The fourth-order valence-electron chi connectivity index (χ4n) is 3.06. The Kier molecular flexibility index (Phi) is 4.82. The van der Waals surface area contributed by atoms with Crippen molar-refractivity contribution in [1.82, 2.24) is 14.8 Å². The number of benzene rings is 2. The van der Waals surface area contributed by atoms with E-state index in [-0.39, 0.29) is 10.8 Å². The molecule has 2 aromatic carbocycles. The Labute approximate surface area is 154 Å². The van der Waals surface area contributed by atoms with Gasteiger partial charge in [0.05, 0.1) is 11.4 Å². The highest BCUT2D eigenvalue weighted by atomic mass is 32.2. The summed E-state index contributed by atoms with van der Waals surface area (Å²) in [7, 11) is -3.74. The Hall–Kier alpha value is -2.67. The monoisotopic (exact) mass is 370 g/mol. The van der Waals surface area contributed by atoms with Crippen LogP contribution in [0, 0.1) is 27.7 Å². The van der Waals surface area contributed by atoms with Crippen LogP contribution in [0.15, 0.2) is 47.6 Å². The summed E-state index contributed by atoms with van der Waals surface area (Å²) in [5.74, 6) is 0.0662. The number of rotatable bonds is 5. The Balaban J connectivity index is 1.81. The highest BCUT2D eigenvalue weighted by Gasteiger charge is 2.21. The summed E-state index contributed by atoms with van der Waals surface area (Å²) in [6.07, 6.45) is 1.52. The van der Waals surface area contributed by atoms with Crippen LogP contribution in [0.1, 0.15) is 27.8 Å². The molecule has 0 bridgehead atoms. The predicted molar refractivity (Wildman–Crippen MR) is 102 cm³/mol. The van der Waals surface area contributed by atoms with E-state index in [4.69, 9.17) is 0 Å². The first kappa shape index (κ1) is 18.1. The number of aromatic nitrogens is 3. The number of hydrogen-bond donors (Lipinski definition) is 1. The smallest absolute Gasteiger partial charge is 0.246 e. The number of nitrogens with zero attached hydrogens (tertiary/aromatic N) is 3. The fourth-order valence-corrected chi connectivity index (χ4v) is 4.46. The van der Waals surface area contributed by atoms with Gasteiger partial charge in [-0.15, -0.1) is 5.10 Å². The number of nitrogens with one attached hydrogen (secondary N) is 1. The predicted octanol–water partition coefficient (Wildman–Crippen LogP) is 3.36. The molecule has 136 valence electrons. The molecule has 3 rings (SSSR count). The molecule has 0 aliphatic carbocycles. The van der Waals surface area contributed by atoms with Gasteiger partial charge < -0.3 is 0 Å². The summed E-state index contributed by atoms with van der Waals surface area (Å²) in [4.78, 5) is 4.35. The van der Waals surface area contributed by atoms with Gasteiger partial charge >= 0.3 is 0 Å². The lowest BCUT2D eigenvalue weighted by Crippen LogP contribution is -2.17. The maximum Gasteiger partial charge on any atom is 0.264 e. The molecular weight excluding hydrogens is 348 g/mol. The van der Waals surface area contributed by atoms with Gasteiger partial charge in [-0.2, -0.15) is 4.98 Å². The van der Waals surface area contributed by atoms with E-state index in [1.807, 2.05) is 50.2 Å². The average molecular weight is 370 g/mol. The number of anilines is 1. The van der Waals surface area contributed by atoms with E-state index >= 15 is 0 Å². The van der Waals surface area contributed by atoms with Gasteiger partial charge in [-0.05, 0) is 44.4 Å². The van der Waals surface area contributed by atoms with Crippen molar-refractivity contribution in [1.29, 1.82) is 0 Å². The second kappa shape index (κ2) is 6.92. The Morgan fingerprint density at radius 1 is 0.962 bits per heavy atom. The van der Waals surface area contributed by atoms with Crippen molar-refractivity contribution in [3.8, 4) is 0 Å². The Morgan fingerprint density at radius 2 is 1.58 bits per heavy atom. The first-order chi connectivity index (χ1) is 12.2. The van der Waals surface area contributed by atoms with E-state index in [9.17, 15) is 8.42 Å². The topological polar surface area (TPSA) is 76.9 Å². The third-order valence-corrected chi connectivity index (χ3v) is 5.73. The quantitative estimate of drug-likeness (QED) is 0.747. The average Bonchev–Trinajstić information content (AvgIpc) is 2.94. The number of sulfonamides is 1. The molecule has 0 aliphatic rings. The van der Waals surface area contributed by atoms with Crippen molar-refractivity contribution in [2.45, 2.75) is 39.1 Å². The molecule has 3 aromatic rings. The number of aryl methyl sites for hydroxylation is 4. The van der Waals surface area contributed by atoms with Crippen LogP contribution in [0.2, 0.25) is 0 Å². The van der Waals surface area contributed by atoms with Gasteiger partial charge in [0.15, 0.2) is 0 Å². The molecule has 6 nitrogen and oxygen atoms in total. The van der Waals surface area contributed by atoms with Gasteiger partial charge in [-0.1, -0.05) is 47.5 Å². The van der Waals surface area contributed by atoms with Crippen LogP contribution in [0.3, 0.4) is 0 Å². The summed E-state index contributed by atoms with van der Waals surface area (Å²) in [5, 5.41) is 4.23. The lowest BCUT2D eigenvalue weighted by Gasteiger charge is -2.12. The molecule has 0 fully saturated rings. The van der Waals surface area contributed by atoms with Crippen molar-refractivity contribution in [2.75, 3.05) is 4.72 Å². The van der Waals surface area contributed by atoms with Gasteiger partial charge in [0.1, 0.15) is 6.33 Å². The molecule has 26 heavy (non-hydrogen) atoms. The van der Waals surface area contributed by atoms with Crippen LogP contribution in [-0.4, -0.2) is 23.2 Å². The maximum atomic E-state index is 12.8. The zero-order valence-electron chi connectivity index (χ0n) is 15.3. The minimum Gasteiger partial charge on any atom is -0.246 e. The third-order valence-electron chi connectivity index (χ3n) is 4.10. The Morgan fingerprint density at radius 3 is 2.19 bits per heavy atom. The maximum absolute atomic E-state index is 12.8. The Bertz CT molecular complexity index is 1010. The minimum atomic E-state index is -3.74. The lowest BCUT2D eigenvalue weighted by atomic mass is 10.1. The molecule has 1 N–H and O–H groups in total. The molecule has 0 saturated heterocycles. The first-order valence-corrected chi connectivity index (χ1v) is 9.78. The van der Waals surface area contributed by atoms with Gasteiger partial charge in [-0.25, -0.2) is 17.8 Å². The summed E-state index contributed by atoms with van der Waals surface area (Å²) in [6, 6.07) is 11.8. The van der Waals surface area contributed by atoms with Crippen molar-refractivity contribution in [3.05, 3.63) is 70.5 Å². The second-order valence-corrected chi connectivity index (χ2v) is 8.20. The largest absolute Gasteiger partial charge is 0.264 e. The van der Waals surface area contributed by atoms with Crippen molar-refractivity contribution in [2.24, 2.45) is 0 Å². The van der Waals surface area contributed by atoms with Crippen LogP contribution < -0.4 is 4.72 Å². The zero-order chi connectivity index (χ0) is 18.9. The van der Waals surface area contributed by atoms with Crippen LogP contribution >= 0.6 is 0 Å². The van der Waals surface area contributed by atoms with Gasteiger partial charge in [0, 0.05) is 0 Å². The van der Waals surface area contributed by atoms with E-state index < -0.39 is 10.0 Å². The lowest BCUT2D eigenvalue weighted by molar-refractivity contribution is 0.599. The SMILES string of the molecule is Cc1ccc(Cn2cnc(NS(=O)(=O)c3c(C)cc(C)cc3C)n2)cc1. The molecule has 0 atom stereocenters. The highest BCUT2D eigenvalue weighted by Crippen LogP contribution is 2.23. The normalized spacial score (nSPS) is 11.5. The molecule has 0 unspecified atom stereocenters. The first-order valence-electron chi connectivity index (χ1n) is 8.30. The van der Waals surface area contributed by atoms with Crippen LogP contribution in [0.5, 0.6) is 0 Å². The van der Waals surface area contributed by atoms with Gasteiger partial charge in [0.25, 0.3) is 16.0 Å². The minimum absolute atomic E-state index is 0.0662. The summed E-state index contributed by atoms with van der Waals surface area (Å²) >= 11 is 0. The highest BCUT2D eigenvalue weighted by molar-refractivity contribution is 7.92. The fraction of sp³-hybridized carbons (Fsp3) is 0.263. The van der Waals surface area contributed by atoms with Crippen molar-refractivity contribution < 1.29 is 8.42 Å².